The van der Waals surface area contributed by atoms with E-state index in [-0.39, 0.29) is 17.2 Å². The van der Waals surface area contributed by atoms with Gasteiger partial charge in [0.2, 0.25) is 5.91 Å². The molecule has 0 atom stereocenters. The van der Waals surface area contributed by atoms with Crippen LogP contribution in [0.3, 0.4) is 0 Å². The molecule has 2 aliphatic heterocycles. The van der Waals surface area contributed by atoms with Crippen molar-refractivity contribution < 1.29 is 23.9 Å². The van der Waals surface area contributed by atoms with Crippen molar-refractivity contribution in [1.82, 2.24) is 5.32 Å². The maximum absolute atomic E-state index is 12.8. The number of hydrogen-bond donors (Lipinski definition) is 2. The lowest BCUT2D eigenvalue weighted by molar-refractivity contribution is -0.136. The number of anilines is 2. The molecule has 4 rings (SSSR count). The SMILES string of the molecule is COc1ccccc1C1(CNC(=O)C(=O)Nc2ccc3c(c2)N(C(=O)C(C)C)CCC3)CCOCC1. The third-order valence-electron chi connectivity index (χ3n) is 7.14. The molecule has 0 spiro atoms. The standard InChI is InChI=1S/C28H35N3O5/c1-19(2)27(34)31-14-6-7-20-10-11-21(17-23(20)31)30-26(33)25(32)29-18-28(12-15-36-16-13-28)22-8-4-5-9-24(22)35-3/h4-5,8-11,17,19H,6-7,12-16,18H2,1-3H3,(H,29,32)(H,30,33). The van der Waals surface area contributed by atoms with E-state index >= 15 is 0 Å². The highest BCUT2D eigenvalue weighted by molar-refractivity contribution is 6.39. The van der Waals surface area contributed by atoms with E-state index in [1.54, 1.807) is 24.1 Å². The first kappa shape index (κ1) is 25.7. The number of amides is 3. The van der Waals surface area contributed by atoms with Gasteiger partial charge >= 0.3 is 11.8 Å². The number of carbonyl (C=O) groups excluding carboxylic acids is 3. The second-order valence-electron chi connectivity index (χ2n) is 9.82. The highest BCUT2D eigenvalue weighted by Gasteiger charge is 2.37. The van der Waals surface area contributed by atoms with Crippen LogP contribution in [0.5, 0.6) is 5.75 Å². The van der Waals surface area contributed by atoms with Crippen LogP contribution in [0, 0.1) is 5.92 Å². The van der Waals surface area contributed by atoms with Gasteiger partial charge in [0, 0.05) is 54.6 Å². The van der Waals surface area contributed by atoms with E-state index in [0.29, 0.717) is 44.8 Å². The number of carbonyl (C=O) groups is 3. The van der Waals surface area contributed by atoms with Gasteiger partial charge in [-0.25, -0.2) is 0 Å². The lowest BCUT2D eigenvalue weighted by Crippen LogP contribution is -2.47. The predicted molar refractivity (Wildman–Crippen MR) is 138 cm³/mol. The topological polar surface area (TPSA) is 97.0 Å². The molecule has 192 valence electrons. The highest BCUT2D eigenvalue weighted by atomic mass is 16.5. The Morgan fingerprint density at radius 3 is 2.56 bits per heavy atom. The number of rotatable bonds is 6. The zero-order chi connectivity index (χ0) is 25.7. The summed E-state index contributed by atoms with van der Waals surface area (Å²) in [5.41, 5.74) is 2.97. The first-order chi connectivity index (χ1) is 17.3. The molecule has 2 aliphatic rings. The molecule has 8 nitrogen and oxygen atoms in total. The molecule has 0 aliphatic carbocycles. The number of nitrogens with zero attached hydrogens (tertiary/aromatic N) is 1. The summed E-state index contributed by atoms with van der Waals surface area (Å²) in [5, 5.41) is 5.55. The summed E-state index contributed by atoms with van der Waals surface area (Å²) in [4.78, 5) is 40.1. The van der Waals surface area contributed by atoms with Crippen LogP contribution in [-0.2, 0) is 31.0 Å². The fourth-order valence-electron chi connectivity index (χ4n) is 5.10. The molecule has 0 radical (unpaired) electrons. The number of hydrogen-bond acceptors (Lipinski definition) is 5. The summed E-state index contributed by atoms with van der Waals surface area (Å²) in [6, 6.07) is 13.3. The summed E-state index contributed by atoms with van der Waals surface area (Å²) in [5.74, 6) is -0.762. The van der Waals surface area contributed by atoms with E-state index in [4.69, 9.17) is 9.47 Å². The van der Waals surface area contributed by atoms with Crippen LogP contribution in [0.1, 0.15) is 44.2 Å². The number of methoxy groups -OCH3 is 1. The summed E-state index contributed by atoms with van der Waals surface area (Å²) in [7, 11) is 1.63. The van der Waals surface area contributed by atoms with Gasteiger partial charge in [-0.05, 0) is 49.4 Å². The molecule has 2 aromatic rings. The predicted octanol–water partition coefficient (Wildman–Crippen LogP) is 3.43. The average molecular weight is 494 g/mol. The zero-order valence-electron chi connectivity index (χ0n) is 21.3. The Morgan fingerprint density at radius 1 is 1.08 bits per heavy atom. The average Bonchev–Trinajstić information content (AvgIpc) is 2.91. The fourth-order valence-corrected chi connectivity index (χ4v) is 5.10. The highest BCUT2D eigenvalue weighted by Crippen LogP contribution is 2.39. The minimum atomic E-state index is -0.741. The summed E-state index contributed by atoms with van der Waals surface area (Å²) < 4.78 is 11.2. The molecule has 2 N–H and O–H groups in total. The van der Waals surface area contributed by atoms with Crippen molar-refractivity contribution in [2.45, 2.75) is 44.9 Å². The van der Waals surface area contributed by atoms with Gasteiger partial charge in [0.25, 0.3) is 0 Å². The maximum atomic E-state index is 12.8. The second-order valence-corrected chi connectivity index (χ2v) is 9.82. The molecule has 0 saturated carbocycles. The molecule has 2 heterocycles. The minimum Gasteiger partial charge on any atom is -0.496 e. The fraction of sp³-hybridized carbons (Fsp3) is 0.464. The third-order valence-corrected chi connectivity index (χ3v) is 7.14. The summed E-state index contributed by atoms with van der Waals surface area (Å²) in [6.45, 7) is 5.84. The largest absolute Gasteiger partial charge is 0.496 e. The first-order valence-corrected chi connectivity index (χ1v) is 12.6. The minimum absolute atomic E-state index is 0.0512. The van der Waals surface area contributed by atoms with Gasteiger partial charge in [0.15, 0.2) is 0 Å². The summed E-state index contributed by atoms with van der Waals surface area (Å²) in [6.07, 6.45) is 3.19. The number of aryl methyl sites for hydroxylation is 1. The smallest absolute Gasteiger partial charge is 0.313 e. The third kappa shape index (κ3) is 5.38. The van der Waals surface area contributed by atoms with Crippen LogP contribution < -0.4 is 20.3 Å². The molecule has 3 amide bonds. The Labute approximate surface area is 212 Å². The van der Waals surface area contributed by atoms with E-state index in [0.717, 1.165) is 35.4 Å². The molecular formula is C28H35N3O5. The van der Waals surface area contributed by atoms with Gasteiger partial charge in [-0.2, -0.15) is 0 Å². The maximum Gasteiger partial charge on any atom is 0.313 e. The van der Waals surface area contributed by atoms with Crippen LogP contribution in [-0.4, -0.2) is 51.1 Å². The Balaban J connectivity index is 1.46. The van der Waals surface area contributed by atoms with Crippen LogP contribution in [0.4, 0.5) is 11.4 Å². The van der Waals surface area contributed by atoms with E-state index in [1.807, 2.05) is 44.2 Å². The number of fused-ring (bicyclic) bond motifs is 1. The quantitative estimate of drug-likeness (QED) is 0.601. The second kappa shape index (κ2) is 11.1. The number of ether oxygens (including phenoxy) is 2. The van der Waals surface area contributed by atoms with Crippen molar-refractivity contribution in [3.63, 3.8) is 0 Å². The van der Waals surface area contributed by atoms with Crippen LogP contribution >= 0.6 is 0 Å². The zero-order valence-corrected chi connectivity index (χ0v) is 21.3. The summed E-state index contributed by atoms with van der Waals surface area (Å²) >= 11 is 0. The van der Waals surface area contributed by atoms with Crippen LogP contribution in [0.25, 0.3) is 0 Å². The molecular weight excluding hydrogens is 458 g/mol. The van der Waals surface area contributed by atoms with Crippen molar-refractivity contribution in [3.8, 4) is 5.75 Å². The molecule has 1 saturated heterocycles. The van der Waals surface area contributed by atoms with Crippen molar-refractivity contribution in [2.24, 2.45) is 5.92 Å². The van der Waals surface area contributed by atoms with Gasteiger partial charge in [0.05, 0.1) is 7.11 Å². The van der Waals surface area contributed by atoms with E-state index in [2.05, 4.69) is 10.6 Å². The number of para-hydroxylation sites is 1. The Bertz CT molecular complexity index is 1120. The Morgan fingerprint density at radius 2 is 1.83 bits per heavy atom. The van der Waals surface area contributed by atoms with E-state index in [9.17, 15) is 14.4 Å². The monoisotopic (exact) mass is 493 g/mol. The van der Waals surface area contributed by atoms with Gasteiger partial charge < -0.3 is 25.0 Å². The molecule has 0 aromatic heterocycles. The van der Waals surface area contributed by atoms with Gasteiger partial charge in [-0.3, -0.25) is 14.4 Å². The van der Waals surface area contributed by atoms with Crippen molar-refractivity contribution >= 4 is 29.1 Å². The Hall–Kier alpha value is -3.39. The Kier molecular flexibility index (Phi) is 7.94. The first-order valence-electron chi connectivity index (χ1n) is 12.6. The molecule has 2 aromatic carbocycles. The van der Waals surface area contributed by atoms with Crippen LogP contribution in [0.2, 0.25) is 0 Å². The van der Waals surface area contributed by atoms with Crippen molar-refractivity contribution in [3.05, 3.63) is 53.6 Å². The molecule has 36 heavy (non-hydrogen) atoms. The molecule has 0 unspecified atom stereocenters. The lowest BCUT2D eigenvalue weighted by Gasteiger charge is -2.38. The van der Waals surface area contributed by atoms with Crippen LogP contribution in [0.15, 0.2) is 42.5 Å². The van der Waals surface area contributed by atoms with Crippen molar-refractivity contribution in [1.29, 1.82) is 0 Å². The lowest BCUT2D eigenvalue weighted by atomic mass is 9.73. The van der Waals surface area contributed by atoms with E-state index < -0.39 is 11.8 Å². The molecule has 1 fully saturated rings. The van der Waals surface area contributed by atoms with Crippen molar-refractivity contribution in [2.75, 3.05) is 43.6 Å². The number of nitrogens with one attached hydrogen (secondary N) is 2. The van der Waals surface area contributed by atoms with Gasteiger partial charge in [-0.15, -0.1) is 0 Å². The van der Waals surface area contributed by atoms with E-state index in [1.165, 1.54) is 0 Å². The van der Waals surface area contributed by atoms with Gasteiger partial charge in [0.1, 0.15) is 5.75 Å². The van der Waals surface area contributed by atoms with Gasteiger partial charge in [-0.1, -0.05) is 38.1 Å². The normalized spacial score (nSPS) is 16.7. The molecule has 0 bridgehead atoms. The molecule has 8 heteroatoms. The number of benzene rings is 2.